The molecule has 1 heterocycles. The Balaban J connectivity index is 2.33. The van der Waals surface area contributed by atoms with Crippen molar-refractivity contribution in [3.8, 4) is 5.75 Å². The number of aryl methyl sites for hydroxylation is 2. The first kappa shape index (κ1) is 14.1. The number of aromatic hydroxyl groups is 1. The summed E-state index contributed by atoms with van der Waals surface area (Å²) in [7, 11) is 0. The van der Waals surface area contributed by atoms with Gasteiger partial charge in [0.1, 0.15) is 10.8 Å². The predicted octanol–water partition coefficient (Wildman–Crippen LogP) is 3.02. The molecule has 2 aromatic rings. The second-order valence-corrected chi connectivity index (χ2v) is 5.59. The van der Waals surface area contributed by atoms with E-state index in [1.165, 1.54) is 23.5 Å². The van der Waals surface area contributed by atoms with Gasteiger partial charge in [-0.1, -0.05) is 12.1 Å². The van der Waals surface area contributed by atoms with Gasteiger partial charge in [0.25, 0.3) is 5.91 Å². The molecule has 0 spiro atoms. The molecule has 0 saturated heterocycles. The van der Waals surface area contributed by atoms with Crippen LogP contribution in [-0.4, -0.2) is 22.1 Å². The van der Waals surface area contributed by atoms with E-state index in [0.717, 1.165) is 4.88 Å². The van der Waals surface area contributed by atoms with Gasteiger partial charge in [0.15, 0.2) is 0 Å². The van der Waals surface area contributed by atoms with Crippen LogP contribution in [0.1, 0.15) is 31.2 Å². The van der Waals surface area contributed by atoms with Gasteiger partial charge in [-0.2, -0.15) is 0 Å². The highest BCUT2D eigenvalue weighted by Gasteiger charge is 2.18. The minimum absolute atomic E-state index is 0.0491. The molecular weight excluding hydrogens is 278 g/mol. The van der Waals surface area contributed by atoms with Gasteiger partial charge in [0.2, 0.25) is 0 Å². The molecule has 104 valence electrons. The minimum atomic E-state index is -1.10. The number of thiophene rings is 1. The van der Waals surface area contributed by atoms with E-state index in [2.05, 4.69) is 5.32 Å². The number of rotatable bonds is 3. The maximum Gasteiger partial charge on any atom is 0.338 e. The second-order valence-electron chi connectivity index (χ2n) is 4.33. The Labute approximate surface area is 119 Å². The van der Waals surface area contributed by atoms with Crippen LogP contribution in [0.5, 0.6) is 5.75 Å². The van der Waals surface area contributed by atoms with Crippen LogP contribution in [0.2, 0.25) is 0 Å². The average molecular weight is 291 g/mol. The highest BCUT2D eigenvalue weighted by atomic mass is 32.1. The fourth-order valence-electron chi connectivity index (χ4n) is 1.78. The Hall–Kier alpha value is -2.34. The van der Waals surface area contributed by atoms with Gasteiger partial charge < -0.3 is 15.5 Å². The number of phenols is 1. The normalized spacial score (nSPS) is 10.3. The van der Waals surface area contributed by atoms with Crippen molar-refractivity contribution < 1.29 is 19.8 Å². The van der Waals surface area contributed by atoms with Gasteiger partial charge in [-0.3, -0.25) is 4.79 Å². The van der Waals surface area contributed by atoms with Crippen LogP contribution in [0.15, 0.2) is 24.3 Å². The van der Waals surface area contributed by atoms with Crippen molar-refractivity contribution in [3.63, 3.8) is 0 Å². The van der Waals surface area contributed by atoms with Gasteiger partial charge in [-0.15, -0.1) is 11.3 Å². The van der Waals surface area contributed by atoms with Crippen LogP contribution in [-0.2, 0) is 0 Å². The number of hydrogen-bond donors (Lipinski definition) is 3. The quantitative estimate of drug-likeness (QED) is 0.811. The number of carbonyl (C=O) groups is 2. The van der Waals surface area contributed by atoms with Gasteiger partial charge in [-0.05, 0) is 31.5 Å². The first-order valence-corrected chi connectivity index (χ1v) is 6.65. The number of nitrogens with one attached hydrogen (secondary N) is 1. The molecule has 0 saturated carbocycles. The average Bonchev–Trinajstić information content (AvgIpc) is 2.73. The number of anilines is 1. The number of hydrogen-bond acceptors (Lipinski definition) is 4. The summed E-state index contributed by atoms with van der Waals surface area (Å²) < 4.78 is 0. The molecule has 1 aromatic carbocycles. The number of carboxylic acid groups (broad SMARTS) is 1. The Morgan fingerprint density at radius 1 is 1.20 bits per heavy atom. The molecule has 0 bridgehead atoms. The Bertz CT molecular complexity index is 690. The van der Waals surface area contributed by atoms with Crippen molar-refractivity contribution in [2.75, 3.05) is 5.32 Å². The molecule has 20 heavy (non-hydrogen) atoms. The van der Waals surface area contributed by atoms with Crippen molar-refractivity contribution >= 4 is 28.2 Å². The standard InChI is InChI=1S/C14H13NO4S/c1-7-4-3-5-9(11(7)16)12(17)15-13-10(14(18)19)6-8(2)20-13/h3-6,16H,1-2H3,(H,15,17)(H,18,19). The van der Waals surface area contributed by atoms with Gasteiger partial charge >= 0.3 is 5.97 Å². The zero-order chi connectivity index (χ0) is 14.9. The highest BCUT2D eigenvalue weighted by molar-refractivity contribution is 7.16. The molecule has 6 heteroatoms. The molecule has 3 N–H and O–H groups in total. The van der Waals surface area contributed by atoms with Gasteiger partial charge in [0, 0.05) is 4.88 Å². The molecule has 0 aliphatic carbocycles. The fraction of sp³-hybridized carbons (Fsp3) is 0.143. The third kappa shape index (κ3) is 2.65. The Morgan fingerprint density at radius 3 is 2.55 bits per heavy atom. The topological polar surface area (TPSA) is 86.6 Å². The summed E-state index contributed by atoms with van der Waals surface area (Å²) in [5.74, 6) is -1.73. The van der Waals surface area contributed by atoms with Crippen LogP contribution in [0.4, 0.5) is 5.00 Å². The fourth-order valence-corrected chi connectivity index (χ4v) is 2.68. The van der Waals surface area contributed by atoms with E-state index < -0.39 is 11.9 Å². The van der Waals surface area contributed by atoms with E-state index in [-0.39, 0.29) is 21.9 Å². The monoisotopic (exact) mass is 291 g/mol. The third-order valence-electron chi connectivity index (χ3n) is 2.80. The third-order valence-corrected chi connectivity index (χ3v) is 3.76. The zero-order valence-corrected chi connectivity index (χ0v) is 11.7. The van der Waals surface area contributed by atoms with Crippen LogP contribution < -0.4 is 5.32 Å². The highest BCUT2D eigenvalue weighted by Crippen LogP contribution is 2.29. The molecule has 0 aliphatic rings. The lowest BCUT2D eigenvalue weighted by Crippen LogP contribution is -2.13. The SMILES string of the molecule is Cc1cc(C(=O)O)c(NC(=O)c2cccc(C)c2O)s1. The van der Waals surface area contributed by atoms with Gasteiger partial charge in [-0.25, -0.2) is 4.79 Å². The van der Waals surface area contributed by atoms with E-state index >= 15 is 0 Å². The molecule has 0 radical (unpaired) electrons. The molecule has 1 aromatic heterocycles. The summed E-state index contributed by atoms with van der Waals surface area (Å²) in [4.78, 5) is 24.0. The van der Waals surface area contributed by atoms with Crippen LogP contribution in [0, 0.1) is 13.8 Å². The summed E-state index contributed by atoms with van der Waals surface area (Å²) in [6, 6.07) is 6.32. The number of amides is 1. The van der Waals surface area contributed by atoms with Crippen molar-refractivity contribution in [3.05, 3.63) is 45.8 Å². The van der Waals surface area contributed by atoms with E-state index in [4.69, 9.17) is 5.11 Å². The lowest BCUT2D eigenvalue weighted by molar-refractivity contribution is 0.0698. The smallest absolute Gasteiger partial charge is 0.338 e. The lowest BCUT2D eigenvalue weighted by atomic mass is 10.1. The number of benzene rings is 1. The Morgan fingerprint density at radius 2 is 1.90 bits per heavy atom. The summed E-state index contributed by atoms with van der Waals surface area (Å²) in [6.07, 6.45) is 0. The number of carbonyl (C=O) groups excluding carboxylic acids is 1. The zero-order valence-electron chi connectivity index (χ0n) is 10.9. The van der Waals surface area contributed by atoms with Crippen molar-refractivity contribution in [1.82, 2.24) is 0 Å². The van der Waals surface area contributed by atoms with E-state index in [9.17, 15) is 14.7 Å². The first-order chi connectivity index (χ1) is 9.40. The van der Waals surface area contributed by atoms with Crippen LogP contribution in [0.3, 0.4) is 0 Å². The van der Waals surface area contributed by atoms with Crippen molar-refractivity contribution in [1.29, 1.82) is 0 Å². The molecule has 2 rings (SSSR count). The molecular formula is C14H13NO4S. The summed E-state index contributed by atoms with van der Waals surface area (Å²) >= 11 is 1.18. The molecule has 0 aliphatic heterocycles. The molecule has 1 amide bonds. The van der Waals surface area contributed by atoms with Gasteiger partial charge in [0.05, 0.1) is 11.1 Å². The number of aromatic carboxylic acids is 1. The van der Waals surface area contributed by atoms with E-state index in [1.54, 1.807) is 26.0 Å². The minimum Gasteiger partial charge on any atom is -0.507 e. The van der Waals surface area contributed by atoms with E-state index in [0.29, 0.717) is 5.56 Å². The number of phenolic OH excluding ortho intramolecular Hbond substituents is 1. The predicted molar refractivity (Wildman–Crippen MR) is 76.8 cm³/mol. The van der Waals surface area contributed by atoms with Crippen LogP contribution >= 0.6 is 11.3 Å². The maximum absolute atomic E-state index is 12.1. The summed E-state index contributed by atoms with van der Waals surface area (Å²) in [5, 5.41) is 21.7. The summed E-state index contributed by atoms with van der Waals surface area (Å²) in [6.45, 7) is 3.45. The first-order valence-electron chi connectivity index (χ1n) is 5.84. The lowest BCUT2D eigenvalue weighted by Gasteiger charge is -2.07. The van der Waals surface area contributed by atoms with Crippen molar-refractivity contribution in [2.24, 2.45) is 0 Å². The number of carboxylic acids is 1. The van der Waals surface area contributed by atoms with E-state index in [1.807, 2.05) is 0 Å². The Kier molecular flexibility index (Phi) is 3.76. The molecule has 5 nitrogen and oxygen atoms in total. The van der Waals surface area contributed by atoms with Crippen molar-refractivity contribution in [2.45, 2.75) is 13.8 Å². The summed E-state index contributed by atoms with van der Waals surface area (Å²) in [5.41, 5.74) is 0.749. The molecule has 0 unspecified atom stereocenters. The largest absolute Gasteiger partial charge is 0.507 e. The molecule has 0 fully saturated rings. The van der Waals surface area contributed by atoms with Crippen LogP contribution in [0.25, 0.3) is 0 Å². The molecule has 0 atom stereocenters. The number of para-hydroxylation sites is 1. The second kappa shape index (κ2) is 5.34. The maximum atomic E-state index is 12.1.